The Bertz CT molecular complexity index is 244. The van der Waals surface area contributed by atoms with E-state index in [1.807, 2.05) is 17.8 Å². The Morgan fingerprint density at radius 3 is 2.85 bits per heavy atom. The Morgan fingerprint density at radius 1 is 1.31 bits per heavy atom. The number of thioether (sulfide) groups is 1. The Labute approximate surface area is 83.3 Å². The maximum Gasteiger partial charge on any atom is 0.0685 e. The van der Waals surface area contributed by atoms with Crippen LogP contribution in [-0.4, -0.2) is 29.7 Å². The van der Waals surface area contributed by atoms with Gasteiger partial charge in [-0.15, -0.1) is 11.8 Å². The van der Waals surface area contributed by atoms with E-state index in [4.69, 9.17) is 0 Å². The molecule has 0 amide bonds. The molecule has 1 aliphatic heterocycles. The lowest BCUT2D eigenvalue weighted by Gasteiger charge is -2.15. The lowest BCUT2D eigenvalue weighted by molar-refractivity contribution is 0.382. The summed E-state index contributed by atoms with van der Waals surface area (Å²) >= 11 is 2.00. The summed E-state index contributed by atoms with van der Waals surface area (Å²) < 4.78 is 0. The molecule has 2 nitrogen and oxygen atoms in total. The minimum Gasteiger partial charge on any atom is -0.372 e. The monoisotopic (exact) mass is 194 g/mol. The van der Waals surface area contributed by atoms with Gasteiger partial charge in [-0.1, -0.05) is 18.2 Å². The van der Waals surface area contributed by atoms with Crippen LogP contribution in [0.15, 0.2) is 30.3 Å². The van der Waals surface area contributed by atoms with E-state index < -0.39 is 0 Å². The van der Waals surface area contributed by atoms with Gasteiger partial charge >= 0.3 is 0 Å². The van der Waals surface area contributed by atoms with Crippen LogP contribution >= 0.6 is 11.8 Å². The van der Waals surface area contributed by atoms with Crippen LogP contribution in [0.2, 0.25) is 0 Å². The second kappa shape index (κ2) is 4.53. The highest BCUT2D eigenvalue weighted by Crippen LogP contribution is 2.13. The third kappa shape index (κ3) is 2.64. The van der Waals surface area contributed by atoms with E-state index in [9.17, 15) is 0 Å². The lowest BCUT2D eigenvalue weighted by Crippen LogP contribution is -2.26. The van der Waals surface area contributed by atoms with Gasteiger partial charge in [0.25, 0.3) is 0 Å². The maximum atomic E-state index is 3.40. The van der Waals surface area contributed by atoms with E-state index >= 15 is 0 Å². The standard InChI is InChI=1S/C10H14N2S/c1-2-4-10(5-3-1)11-8-12-6-7-13-9-12/h1-5,11H,6-9H2. The largest absolute Gasteiger partial charge is 0.372 e. The molecule has 1 aliphatic rings. The minimum atomic E-state index is 0.969. The fourth-order valence-corrected chi connectivity index (χ4v) is 2.33. The molecule has 0 spiro atoms. The Kier molecular flexibility index (Phi) is 3.11. The van der Waals surface area contributed by atoms with Crippen LogP contribution in [0.3, 0.4) is 0 Å². The van der Waals surface area contributed by atoms with Crippen molar-refractivity contribution in [1.29, 1.82) is 0 Å². The quantitative estimate of drug-likeness (QED) is 0.793. The zero-order valence-corrected chi connectivity index (χ0v) is 8.39. The molecule has 70 valence electrons. The molecular formula is C10H14N2S. The average Bonchev–Trinajstić information content (AvgIpc) is 2.69. The molecule has 0 radical (unpaired) electrons. The second-order valence-electron chi connectivity index (χ2n) is 3.13. The van der Waals surface area contributed by atoms with Gasteiger partial charge in [0.1, 0.15) is 0 Å². The van der Waals surface area contributed by atoms with Gasteiger partial charge in [-0.2, -0.15) is 0 Å². The van der Waals surface area contributed by atoms with Gasteiger partial charge in [-0.3, -0.25) is 4.90 Å². The first-order valence-corrected chi connectivity index (χ1v) is 5.69. The molecule has 1 aromatic carbocycles. The van der Waals surface area contributed by atoms with Crippen molar-refractivity contribution in [3.05, 3.63) is 30.3 Å². The van der Waals surface area contributed by atoms with E-state index in [0.717, 1.165) is 6.67 Å². The highest BCUT2D eigenvalue weighted by atomic mass is 32.2. The first-order chi connectivity index (χ1) is 6.45. The summed E-state index contributed by atoms with van der Waals surface area (Å²) in [6, 6.07) is 10.4. The topological polar surface area (TPSA) is 15.3 Å². The molecule has 0 unspecified atom stereocenters. The molecule has 1 aromatic rings. The summed E-state index contributed by atoms with van der Waals surface area (Å²) in [4.78, 5) is 2.41. The number of hydrogen-bond donors (Lipinski definition) is 1. The van der Waals surface area contributed by atoms with Crippen LogP contribution in [0.1, 0.15) is 0 Å². The van der Waals surface area contributed by atoms with Crippen LogP contribution in [0.25, 0.3) is 0 Å². The van der Waals surface area contributed by atoms with E-state index in [-0.39, 0.29) is 0 Å². The smallest absolute Gasteiger partial charge is 0.0685 e. The van der Waals surface area contributed by atoms with Crippen LogP contribution in [-0.2, 0) is 0 Å². The van der Waals surface area contributed by atoms with Gasteiger partial charge in [-0.25, -0.2) is 0 Å². The van der Waals surface area contributed by atoms with E-state index in [1.165, 1.54) is 23.9 Å². The van der Waals surface area contributed by atoms with Gasteiger partial charge in [0.15, 0.2) is 0 Å². The summed E-state index contributed by atoms with van der Waals surface area (Å²) in [5.74, 6) is 2.44. The van der Waals surface area contributed by atoms with E-state index in [2.05, 4.69) is 34.5 Å². The number of nitrogens with zero attached hydrogens (tertiary/aromatic N) is 1. The molecule has 1 N–H and O–H groups in total. The van der Waals surface area contributed by atoms with Crippen LogP contribution in [0, 0.1) is 0 Å². The van der Waals surface area contributed by atoms with Gasteiger partial charge in [0.05, 0.1) is 6.67 Å². The second-order valence-corrected chi connectivity index (χ2v) is 4.21. The highest BCUT2D eigenvalue weighted by Gasteiger charge is 2.10. The summed E-state index contributed by atoms with van der Waals surface area (Å²) in [5.41, 5.74) is 1.21. The minimum absolute atomic E-state index is 0.969. The van der Waals surface area contributed by atoms with Crippen LogP contribution in [0.4, 0.5) is 5.69 Å². The average molecular weight is 194 g/mol. The first-order valence-electron chi connectivity index (χ1n) is 4.54. The van der Waals surface area contributed by atoms with Crippen LogP contribution in [0.5, 0.6) is 0 Å². The number of anilines is 1. The molecule has 0 aromatic heterocycles. The summed E-state index contributed by atoms with van der Waals surface area (Å²) in [6.45, 7) is 2.18. The molecule has 1 fully saturated rings. The zero-order valence-electron chi connectivity index (χ0n) is 7.57. The van der Waals surface area contributed by atoms with Gasteiger partial charge < -0.3 is 5.32 Å². The van der Waals surface area contributed by atoms with Crippen molar-refractivity contribution in [2.24, 2.45) is 0 Å². The van der Waals surface area contributed by atoms with Crippen molar-refractivity contribution in [3.8, 4) is 0 Å². The predicted octanol–water partition coefficient (Wildman–Crippen LogP) is 2.06. The summed E-state index contributed by atoms with van der Waals surface area (Å²) in [5, 5.41) is 3.40. The van der Waals surface area contributed by atoms with Crippen molar-refractivity contribution in [2.45, 2.75) is 0 Å². The molecule has 13 heavy (non-hydrogen) atoms. The molecule has 0 atom stereocenters. The highest BCUT2D eigenvalue weighted by molar-refractivity contribution is 7.99. The molecule has 3 heteroatoms. The van der Waals surface area contributed by atoms with Crippen molar-refractivity contribution >= 4 is 17.4 Å². The number of nitrogens with one attached hydrogen (secondary N) is 1. The van der Waals surface area contributed by atoms with E-state index in [0.29, 0.717) is 0 Å². The molecule has 0 bridgehead atoms. The molecule has 0 saturated carbocycles. The van der Waals surface area contributed by atoms with E-state index in [1.54, 1.807) is 0 Å². The Hall–Kier alpha value is -0.670. The SMILES string of the molecule is c1ccc(NCN2CCSC2)cc1. The number of hydrogen-bond acceptors (Lipinski definition) is 3. The lowest BCUT2D eigenvalue weighted by atomic mass is 10.3. The van der Waals surface area contributed by atoms with Crippen LogP contribution < -0.4 is 5.32 Å². The van der Waals surface area contributed by atoms with Crippen molar-refractivity contribution < 1.29 is 0 Å². The predicted molar refractivity (Wildman–Crippen MR) is 59.0 cm³/mol. The molecule has 0 aliphatic carbocycles. The molecule has 1 heterocycles. The molecule has 1 saturated heterocycles. The van der Waals surface area contributed by atoms with Gasteiger partial charge in [0, 0.05) is 23.9 Å². The van der Waals surface area contributed by atoms with Gasteiger partial charge in [0.2, 0.25) is 0 Å². The normalized spacial score (nSPS) is 17.5. The third-order valence-corrected chi connectivity index (χ3v) is 3.13. The number of rotatable bonds is 3. The van der Waals surface area contributed by atoms with Crippen molar-refractivity contribution in [3.63, 3.8) is 0 Å². The first kappa shape index (κ1) is 8.91. The Balaban J connectivity index is 1.79. The number of para-hydroxylation sites is 1. The molecule has 2 rings (SSSR count). The zero-order chi connectivity index (χ0) is 8.93. The van der Waals surface area contributed by atoms with Crippen molar-refractivity contribution in [1.82, 2.24) is 4.90 Å². The van der Waals surface area contributed by atoms with Gasteiger partial charge in [-0.05, 0) is 12.1 Å². The maximum absolute atomic E-state index is 3.40. The fourth-order valence-electron chi connectivity index (χ4n) is 1.34. The number of benzene rings is 1. The third-order valence-electron chi connectivity index (χ3n) is 2.11. The summed E-state index contributed by atoms with van der Waals surface area (Å²) in [7, 11) is 0. The fraction of sp³-hybridized carbons (Fsp3) is 0.400. The Morgan fingerprint density at radius 2 is 2.15 bits per heavy atom. The van der Waals surface area contributed by atoms with Crippen molar-refractivity contribution in [2.75, 3.05) is 30.2 Å². The molecular weight excluding hydrogens is 180 g/mol. The summed E-state index contributed by atoms with van der Waals surface area (Å²) in [6.07, 6.45) is 0.